The lowest BCUT2D eigenvalue weighted by molar-refractivity contribution is -0.118. The monoisotopic (exact) mass is 389 g/mol. The molecule has 0 radical (unpaired) electrons. The molecule has 2 heterocycles. The number of aromatic nitrogens is 2. The van der Waals surface area contributed by atoms with Crippen LogP contribution in [0.3, 0.4) is 0 Å². The van der Waals surface area contributed by atoms with Crippen molar-refractivity contribution >= 4 is 27.9 Å². The fraction of sp³-hybridized carbons (Fsp3) is 0.182. The number of nitrogens with zero attached hydrogens (tertiary/aromatic N) is 2. The Hall–Kier alpha value is -3.12. The van der Waals surface area contributed by atoms with Gasteiger partial charge in [-0.2, -0.15) is 0 Å². The molecule has 5 rings (SSSR count). The lowest BCUT2D eigenvalue weighted by atomic mass is 10.1. The molecule has 1 N–H and O–H groups in total. The van der Waals surface area contributed by atoms with E-state index < -0.39 is 0 Å². The van der Waals surface area contributed by atoms with Gasteiger partial charge in [-0.25, -0.2) is 4.98 Å². The molecule has 5 nitrogen and oxygen atoms in total. The minimum Gasteiger partial charge on any atom is -0.484 e. The second-order valence-electron chi connectivity index (χ2n) is 6.92. The van der Waals surface area contributed by atoms with E-state index in [0.29, 0.717) is 0 Å². The van der Waals surface area contributed by atoms with E-state index >= 15 is 0 Å². The van der Waals surface area contributed by atoms with Gasteiger partial charge in [-0.05, 0) is 54.7 Å². The van der Waals surface area contributed by atoms with Crippen molar-refractivity contribution in [2.75, 3.05) is 11.9 Å². The normalized spacial score (nSPS) is 12.9. The van der Waals surface area contributed by atoms with E-state index in [1.807, 2.05) is 52.5 Å². The molecule has 140 valence electrons. The van der Waals surface area contributed by atoms with Gasteiger partial charge in [0.15, 0.2) is 11.6 Å². The maximum absolute atomic E-state index is 12.2. The predicted octanol–water partition coefficient (Wildman–Crippen LogP) is 4.57. The van der Waals surface area contributed by atoms with Crippen LogP contribution in [0.15, 0.2) is 60.2 Å². The van der Waals surface area contributed by atoms with Crippen LogP contribution in [0.2, 0.25) is 0 Å². The number of nitrogens with one attached hydrogen (secondary N) is 1. The van der Waals surface area contributed by atoms with Gasteiger partial charge in [-0.15, -0.1) is 11.3 Å². The lowest BCUT2D eigenvalue weighted by Crippen LogP contribution is -2.20. The Balaban J connectivity index is 1.20. The maximum atomic E-state index is 12.2. The quantitative estimate of drug-likeness (QED) is 0.544. The Morgan fingerprint density at radius 1 is 1.14 bits per heavy atom. The molecule has 1 amide bonds. The van der Waals surface area contributed by atoms with Crippen LogP contribution in [0.5, 0.6) is 5.75 Å². The molecule has 0 saturated carbocycles. The van der Waals surface area contributed by atoms with Crippen molar-refractivity contribution in [3.63, 3.8) is 0 Å². The number of fused-ring (bicyclic) bond motifs is 2. The zero-order valence-corrected chi connectivity index (χ0v) is 16.0. The zero-order chi connectivity index (χ0) is 18.9. The number of rotatable bonds is 5. The van der Waals surface area contributed by atoms with Crippen LogP contribution in [0.1, 0.15) is 17.5 Å². The average Bonchev–Trinajstić information content (AvgIpc) is 3.42. The smallest absolute Gasteiger partial charge is 0.262 e. The minimum atomic E-state index is -0.171. The second kappa shape index (κ2) is 7.13. The number of carbonyl (C=O) groups excluding carboxylic acids is 1. The summed E-state index contributed by atoms with van der Waals surface area (Å²) in [6.45, 7) is -0.00212. The van der Waals surface area contributed by atoms with E-state index in [9.17, 15) is 4.79 Å². The molecule has 28 heavy (non-hydrogen) atoms. The largest absolute Gasteiger partial charge is 0.484 e. The van der Waals surface area contributed by atoms with Crippen LogP contribution >= 0.6 is 11.3 Å². The Kier molecular flexibility index (Phi) is 4.33. The van der Waals surface area contributed by atoms with Crippen LogP contribution in [0.4, 0.5) is 5.69 Å². The summed E-state index contributed by atoms with van der Waals surface area (Å²) in [5.74, 6) is 0.585. The number of hydrogen-bond donors (Lipinski definition) is 1. The molecular weight excluding hydrogens is 370 g/mol. The lowest BCUT2D eigenvalue weighted by Gasteiger charge is -2.09. The molecule has 6 heteroatoms. The van der Waals surface area contributed by atoms with E-state index in [0.717, 1.165) is 40.5 Å². The van der Waals surface area contributed by atoms with Crippen molar-refractivity contribution in [3.8, 4) is 17.0 Å². The van der Waals surface area contributed by atoms with Gasteiger partial charge < -0.3 is 10.1 Å². The number of benzene rings is 2. The Morgan fingerprint density at radius 2 is 2.00 bits per heavy atom. The Bertz CT molecular complexity index is 1120. The SMILES string of the molecule is O=C(COc1ccc2c(c1)CCC2)Nc1ccc(-c2cn3ccsc3n2)cc1. The third-order valence-corrected chi connectivity index (χ3v) is 5.77. The first-order valence-electron chi connectivity index (χ1n) is 9.32. The third kappa shape index (κ3) is 3.39. The molecule has 0 spiro atoms. The second-order valence-corrected chi connectivity index (χ2v) is 7.79. The molecule has 4 aromatic rings. The average molecular weight is 389 g/mol. The van der Waals surface area contributed by atoms with Crippen molar-refractivity contribution in [1.82, 2.24) is 9.38 Å². The molecular formula is C22H19N3O2S. The summed E-state index contributed by atoms with van der Waals surface area (Å²) in [4.78, 5) is 17.8. The number of imidazole rings is 1. The number of aryl methyl sites for hydroxylation is 2. The molecule has 1 aliphatic rings. The molecule has 1 aliphatic carbocycles. The maximum Gasteiger partial charge on any atom is 0.262 e. The molecule has 0 aliphatic heterocycles. The van der Waals surface area contributed by atoms with Gasteiger partial charge in [-0.1, -0.05) is 18.2 Å². The molecule has 0 fully saturated rings. The highest BCUT2D eigenvalue weighted by atomic mass is 32.1. The first kappa shape index (κ1) is 17.0. The van der Waals surface area contributed by atoms with Crippen molar-refractivity contribution in [2.24, 2.45) is 0 Å². The van der Waals surface area contributed by atoms with Gasteiger partial charge in [-0.3, -0.25) is 9.20 Å². The highest BCUT2D eigenvalue weighted by molar-refractivity contribution is 7.15. The van der Waals surface area contributed by atoms with Gasteiger partial charge in [0.25, 0.3) is 5.91 Å². The highest BCUT2D eigenvalue weighted by Crippen LogP contribution is 2.26. The fourth-order valence-electron chi connectivity index (χ4n) is 3.57. The van der Waals surface area contributed by atoms with Crippen LogP contribution in [-0.2, 0) is 17.6 Å². The van der Waals surface area contributed by atoms with Gasteiger partial charge in [0, 0.05) is 29.0 Å². The molecule has 0 atom stereocenters. The number of thiazole rings is 1. The summed E-state index contributed by atoms with van der Waals surface area (Å²) >= 11 is 1.61. The molecule has 2 aromatic heterocycles. The molecule has 0 saturated heterocycles. The van der Waals surface area contributed by atoms with Crippen molar-refractivity contribution < 1.29 is 9.53 Å². The van der Waals surface area contributed by atoms with Crippen molar-refractivity contribution in [3.05, 3.63) is 71.4 Å². The summed E-state index contributed by atoms with van der Waals surface area (Å²) < 4.78 is 7.67. The summed E-state index contributed by atoms with van der Waals surface area (Å²) in [5.41, 5.74) is 5.42. The fourth-order valence-corrected chi connectivity index (χ4v) is 4.27. The first-order chi connectivity index (χ1) is 13.7. The summed E-state index contributed by atoms with van der Waals surface area (Å²) in [6, 6.07) is 13.8. The Morgan fingerprint density at radius 3 is 2.86 bits per heavy atom. The summed E-state index contributed by atoms with van der Waals surface area (Å²) in [7, 11) is 0. The van der Waals surface area contributed by atoms with Crippen molar-refractivity contribution in [1.29, 1.82) is 0 Å². The van der Waals surface area contributed by atoms with E-state index in [4.69, 9.17) is 4.74 Å². The Labute approximate surface area is 166 Å². The number of anilines is 1. The molecule has 0 unspecified atom stereocenters. The van der Waals surface area contributed by atoms with Gasteiger partial charge >= 0.3 is 0 Å². The van der Waals surface area contributed by atoms with Gasteiger partial charge in [0.2, 0.25) is 0 Å². The topological polar surface area (TPSA) is 55.6 Å². The van der Waals surface area contributed by atoms with Crippen molar-refractivity contribution in [2.45, 2.75) is 19.3 Å². The number of ether oxygens (including phenoxy) is 1. The number of hydrogen-bond acceptors (Lipinski definition) is 4. The van der Waals surface area contributed by atoms with E-state index in [2.05, 4.69) is 22.4 Å². The van der Waals surface area contributed by atoms with Crippen LogP contribution in [0.25, 0.3) is 16.2 Å². The van der Waals surface area contributed by atoms with Crippen LogP contribution in [0, 0.1) is 0 Å². The molecule has 0 bridgehead atoms. The summed E-state index contributed by atoms with van der Waals surface area (Å²) in [6.07, 6.45) is 7.44. The van der Waals surface area contributed by atoms with Crippen LogP contribution < -0.4 is 10.1 Å². The first-order valence-corrected chi connectivity index (χ1v) is 10.2. The number of amides is 1. The zero-order valence-electron chi connectivity index (χ0n) is 15.2. The molecule has 2 aromatic carbocycles. The third-order valence-electron chi connectivity index (χ3n) is 5.00. The van der Waals surface area contributed by atoms with Gasteiger partial charge in [0.1, 0.15) is 5.75 Å². The number of carbonyl (C=O) groups is 1. The van der Waals surface area contributed by atoms with E-state index in [-0.39, 0.29) is 12.5 Å². The van der Waals surface area contributed by atoms with E-state index in [1.54, 1.807) is 11.3 Å². The summed E-state index contributed by atoms with van der Waals surface area (Å²) in [5, 5.41) is 4.89. The highest BCUT2D eigenvalue weighted by Gasteiger charge is 2.12. The standard InChI is InChI=1S/C22H19N3O2S/c26-21(14-27-19-9-6-15-2-1-3-17(15)12-19)23-18-7-4-16(5-8-18)20-13-25-10-11-28-22(25)24-20/h4-13H,1-3,14H2,(H,23,26). The van der Waals surface area contributed by atoms with Crippen LogP contribution in [-0.4, -0.2) is 21.9 Å². The van der Waals surface area contributed by atoms with Gasteiger partial charge in [0.05, 0.1) is 5.69 Å². The predicted molar refractivity (Wildman–Crippen MR) is 111 cm³/mol. The minimum absolute atomic E-state index is 0.00212. The van der Waals surface area contributed by atoms with E-state index in [1.165, 1.54) is 17.5 Å².